The molecule has 86 valence electrons. The minimum absolute atomic E-state index is 0.167. The van der Waals surface area contributed by atoms with E-state index in [1.54, 1.807) is 7.11 Å². The minimum Gasteiger partial charge on any atom is -0.496 e. The second-order valence-electron chi connectivity index (χ2n) is 3.32. The van der Waals surface area contributed by atoms with E-state index in [9.17, 15) is 0 Å². The number of rotatable bonds is 4. The molecule has 0 fully saturated rings. The Balaban J connectivity index is 2.24. The van der Waals surface area contributed by atoms with E-state index in [1.807, 2.05) is 18.4 Å². The molecule has 1 unspecified atom stereocenters. The zero-order valence-electron chi connectivity index (χ0n) is 9.14. The van der Waals surface area contributed by atoms with Gasteiger partial charge >= 0.3 is 0 Å². The van der Waals surface area contributed by atoms with Crippen molar-refractivity contribution in [1.29, 1.82) is 0 Å². The summed E-state index contributed by atoms with van der Waals surface area (Å²) in [7, 11) is 1.62. The quantitative estimate of drug-likeness (QED) is 0.885. The van der Waals surface area contributed by atoms with E-state index < -0.39 is 0 Å². The van der Waals surface area contributed by atoms with Crippen LogP contribution in [0.1, 0.15) is 25.2 Å². The second-order valence-corrected chi connectivity index (χ2v) is 4.23. The summed E-state index contributed by atoms with van der Waals surface area (Å²) in [6, 6.07) is 1.69. The van der Waals surface area contributed by atoms with Crippen LogP contribution in [-0.2, 0) is 0 Å². The summed E-state index contributed by atoms with van der Waals surface area (Å²) in [4.78, 5) is 5.14. The molecule has 0 aliphatic heterocycles. The van der Waals surface area contributed by atoms with Gasteiger partial charge in [-0.05, 0) is 6.42 Å². The van der Waals surface area contributed by atoms with Crippen molar-refractivity contribution in [2.75, 3.05) is 7.11 Å². The van der Waals surface area contributed by atoms with E-state index in [0.717, 1.165) is 17.0 Å². The lowest BCUT2D eigenvalue weighted by Gasteiger charge is -1.98. The van der Waals surface area contributed by atoms with Gasteiger partial charge in [0.1, 0.15) is 5.75 Å². The summed E-state index contributed by atoms with van der Waals surface area (Å²) in [5.74, 6) is 1.83. The lowest BCUT2D eigenvalue weighted by Crippen LogP contribution is -2.10. The molecule has 5 nitrogen and oxygen atoms in total. The molecule has 0 aliphatic rings. The number of methoxy groups -OCH3 is 1. The monoisotopic (exact) mass is 239 g/mol. The molecule has 0 aliphatic carbocycles. The van der Waals surface area contributed by atoms with Crippen LogP contribution in [-0.4, -0.2) is 17.3 Å². The highest BCUT2D eigenvalue weighted by Gasteiger charge is 2.15. The molecule has 1 atom stereocenters. The number of ether oxygens (including phenoxy) is 1. The van der Waals surface area contributed by atoms with Crippen molar-refractivity contribution in [2.24, 2.45) is 5.73 Å². The summed E-state index contributed by atoms with van der Waals surface area (Å²) < 4.78 is 10.2. The normalized spacial score (nSPS) is 12.7. The van der Waals surface area contributed by atoms with Gasteiger partial charge in [0.05, 0.1) is 18.0 Å². The maximum Gasteiger partial charge on any atom is 0.268 e. The number of thiophene rings is 1. The Kier molecular flexibility index (Phi) is 3.21. The standard InChI is InChI=1S/C10H13N3O2S/c1-3-7(11)9-12-10(15-13-9)8-4-6(14-2)5-16-8/h4-5,7H,3,11H2,1-2H3. The highest BCUT2D eigenvalue weighted by atomic mass is 32.1. The summed E-state index contributed by atoms with van der Waals surface area (Å²) in [5.41, 5.74) is 5.81. The van der Waals surface area contributed by atoms with Gasteiger partial charge < -0.3 is 15.0 Å². The van der Waals surface area contributed by atoms with E-state index in [2.05, 4.69) is 10.1 Å². The third-order valence-corrected chi connectivity index (χ3v) is 3.13. The van der Waals surface area contributed by atoms with E-state index in [1.165, 1.54) is 11.3 Å². The molecule has 6 heteroatoms. The molecule has 0 saturated carbocycles. The molecule has 0 radical (unpaired) electrons. The number of aromatic nitrogens is 2. The lowest BCUT2D eigenvalue weighted by molar-refractivity contribution is 0.412. The first kappa shape index (κ1) is 11.1. The van der Waals surface area contributed by atoms with Crippen molar-refractivity contribution < 1.29 is 9.26 Å². The lowest BCUT2D eigenvalue weighted by atomic mass is 10.2. The maximum atomic E-state index is 5.81. The fraction of sp³-hybridized carbons (Fsp3) is 0.400. The van der Waals surface area contributed by atoms with Gasteiger partial charge in [-0.3, -0.25) is 0 Å². The third kappa shape index (κ3) is 2.07. The zero-order chi connectivity index (χ0) is 11.5. The largest absolute Gasteiger partial charge is 0.496 e. The third-order valence-electron chi connectivity index (χ3n) is 2.24. The molecule has 2 aromatic rings. The molecule has 2 aromatic heterocycles. The van der Waals surface area contributed by atoms with Gasteiger partial charge in [-0.1, -0.05) is 12.1 Å². The van der Waals surface area contributed by atoms with Gasteiger partial charge in [0, 0.05) is 11.4 Å². The Morgan fingerprint density at radius 2 is 2.44 bits per heavy atom. The average Bonchev–Trinajstić information content (AvgIpc) is 2.95. The van der Waals surface area contributed by atoms with Gasteiger partial charge in [0.25, 0.3) is 5.89 Å². The SMILES string of the molecule is CCC(N)c1noc(-c2cc(OC)cs2)n1. The fourth-order valence-corrected chi connectivity index (χ4v) is 1.98. The zero-order valence-corrected chi connectivity index (χ0v) is 9.95. The number of hydrogen-bond donors (Lipinski definition) is 1. The van der Waals surface area contributed by atoms with Crippen molar-refractivity contribution in [3.63, 3.8) is 0 Å². The molecule has 0 bridgehead atoms. The van der Waals surface area contributed by atoms with Crippen molar-refractivity contribution in [3.05, 3.63) is 17.3 Å². The van der Waals surface area contributed by atoms with Gasteiger partial charge in [-0.15, -0.1) is 11.3 Å². The van der Waals surface area contributed by atoms with Gasteiger partial charge in [-0.25, -0.2) is 0 Å². The molecular weight excluding hydrogens is 226 g/mol. The van der Waals surface area contributed by atoms with Crippen molar-refractivity contribution in [3.8, 4) is 16.5 Å². The average molecular weight is 239 g/mol. The van der Waals surface area contributed by atoms with Crippen LogP contribution in [0.15, 0.2) is 16.0 Å². The molecule has 0 amide bonds. The maximum absolute atomic E-state index is 5.81. The molecule has 0 spiro atoms. The van der Waals surface area contributed by atoms with Crippen LogP contribution in [0.2, 0.25) is 0 Å². The number of hydrogen-bond acceptors (Lipinski definition) is 6. The van der Waals surface area contributed by atoms with Crippen molar-refractivity contribution in [2.45, 2.75) is 19.4 Å². The Bertz CT molecular complexity index is 466. The molecule has 2 N–H and O–H groups in total. The van der Waals surface area contributed by atoms with Crippen LogP contribution in [0.5, 0.6) is 5.75 Å². The summed E-state index contributed by atoms with van der Waals surface area (Å²) in [6.07, 6.45) is 0.784. The highest BCUT2D eigenvalue weighted by molar-refractivity contribution is 7.13. The van der Waals surface area contributed by atoms with Gasteiger partial charge in [0.2, 0.25) is 0 Å². The minimum atomic E-state index is -0.167. The van der Waals surface area contributed by atoms with Crippen LogP contribution in [0, 0.1) is 0 Å². The highest BCUT2D eigenvalue weighted by Crippen LogP contribution is 2.30. The number of nitrogens with zero attached hydrogens (tertiary/aromatic N) is 2. The molecule has 2 rings (SSSR count). The molecule has 0 aromatic carbocycles. The summed E-state index contributed by atoms with van der Waals surface area (Å²) >= 11 is 1.50. The number of nitrogens with two attached hydrogens (primary N) is 1. The summed E-state index contributed by atoms with van der Waals surface area (Å²) in [6.45, 7) is 1.98. The Morgan fingerprint density at radius 1 is 1.62 bits per heavy atom. The van der Waals surface area contributed by atoms with E-state index in [0.29, 0.717) is 11.7 Å². The predicted octanol–water partition coefficient (Wildman–Crippen LogP) is 2.22. The topological polar surface area (TPSA) is 74.2 Å². The molecule has 0 saturated heterocycles. The predicted molar refractivity (Wildman–Crippen MR) is 61.4 cm³/mol. The molecule has 16 heavy (non-hydrogen) atoms. The van der Waals surface area contributed by atoms with Crippen LogP contribution in [0.25, 0.3) is 10.8 Å². The molecular formula is C10H13N3O2S. The Labute approximate surface area is 97.2 Å². The Morgan fingerprint density at radius 3 is 3.06 bits per heavy atom. The first-order valence-corrected chi connectivity index (χ1v) is 5.84. The smallest absolute Gasteiger partial charge is 0.268 e. The van der Waals surface area contributed by atoms with Gasteiger partial charge in [0.15, 0.2) is 5.82 Å². The van der Waals surface area contributed by atoms with Crippen molar-refractivity contribution >= 4 is 11.3 Å². The second kappa shape index (κ2) is 4.63. The van der Waals surface area contributed by atoms with E-state index in [4.69, 9.17) is 15.0 Å². The fourth-order valence-electron chi connectivity index (χ4n) is 1.21. The summed E-state index contributed by atoms with van der Waals surface area (Å²) in [5, 5.41) is 5.74. The molecule has 2 heterocycles. The van der Waals surface area contributed by atoms with Crippen LogP contribution >= 0.6 is 11.3 Å². The van der Waals surface area contributed by atoms with Crippen LogP contribution in [0.4, 0.5) is 0 Å². The Hall–Kier alpha value is -1.40. The van der Waals surface area contributed by atoms with Gasteiger partial charge in [-0.2, -0.15) is 4.98 Å². The first-order chi connectivity index (χ1) is 7.74. The van der Waals surface area contributed by atoms with Crippen LogP contribution in [0.3, 0.4) is 0 Å². The van der Waals surface area contributed by atoms with Crippen molar-refractivity contribution in [1.82, 2.24) is 10.1 Å². The van der Waals surface area contributed by atoms with E-state index >= 15 is 0 Å². The first-order valence-electron chi connectivity index (χ1n) is 4.96. The van der Waals surface area contributed by atoms with E-state index in [-0.39, 0.29) is 6.04 Å². The van der Waals surface area contributed by atoms with Crippen LogP contribution < -0.4 is 10.5 Å².